The number of benzene rings is 1. The van der Waals surface area contributed by atoms with Crippen LogP contribution < -0.4 is 10.1 Å². The minimum absolute atomic E-state index is 0.0636. The number of carbonyl (C=O) groups is 1. The number of likely N-dealkylation sites (N-methyl/N-ethyl adjacent to an activating group) is 1. The molecule has 0 unspecified atom stereocenters. The van der Waals surface area contributed by atoms with Gasteiger partial charge in [-0.3, -0.25) is 4.79 Å². The third-order valence-corrected chi connectivity index (χ3v) is 3.99. The summed E-state index contributed by atoms with van der Waals surface area (Å²) in [4.78, 5) is 21.6. The van der Waals surface area contributed by atoms with Crippen molar-refractivity contribution in [2.75, 3.05) is 25.5 Å². The van der Waals surface area contributed by atoms with Gasteiger partial charge in [0.1, 0.15) is 12.3 Å². The number of hydrogen-bond donors (Lipinski definition) is 2. The van der Waals surface area contributed by atoms with Crippen molar-refractivity contribution in [1.82, 2.24) is 14.9 Å². The first kappa shape index (κ1) is 17.8. The predicted molar refractivity (Wildman–Crippen MR) is 104 cm³/mol. The van der Waals surface area contributed by atoms with Gasteiger partial charge in [0.05, 0.1) is 12.2 Å². The second-order valence-electron chi connectivity index (χ2n) is 6.50. The van der Waals surface area contributed by atoms with Gasteiger partial charge in [-0.2, -0.15) is 0 Å². The molecule has 136 valence electrons. The molecule has 0 atom stereocenters. The molecule has 0 spiro atoms. The van der Waals surface area contributed by atoms with Crippen LogP contribution in [0.4, 0.5) is 5.69 Å². The van der Waals surface area contributed by atoms with Gasteiger partial charge in [-0.1, -0.05) is 18.2 Å². The predicted octanol–water partition coefficient (Wildman–Crippen LogP) is 3.53. The number of carbonyl (C=O) groups excluding carboxylic acids is 1. The zero-order valence-corrected chi connectivity index (χ0v) is 15.3. The van der Waals surface area contributed by atoms with E-state index in [9.17, 15) is 4.79 Å². The third kappa shape index (κ3) is 4.14. The molecule has 26 heavy (non-hydrogen) atoms. The Bertz CT molecular complexity index is 855. The number of ether oxygens (including phenoxy) is 1. The zero-order valence-electron chi connectivity index (χ0n) is 15.3. The number of H-pyrrole nitrogens is 1. The summed E-state index contributed by atoms with van der Waals surface area (Å²) in [6.45, 7) is 4.95. The second kappa shape index (κ2) is 7.91. The molecule has 0 aliphatic rings. The van der Waals surface area contributed by atoms with Crippen LogP contribution in [-0.4, -0.2) is 47.0 Å². The Balaban J connectivity index is 1.59. The van der Waals surface area contributed by atoms with E-state index in [-0.39, 0.29) is 11.9 Å². The van der Waals surface area contributed by atoms with Crippen molar-refractivity contribution >= 4 is 22.5 Å². The Hall–Kier alpha value is -3.02. The summed E-state index contributed by atoms with van der Waals surface area (Å²) in [6, 6.07) is 13.8. The smallest absolute Gasteiger partial charge is 0.270 e. The van der Waals surface area contributed by atoms with Crippen LogP contribution in [0, 0.1) is 0 Å². The van der Waals surface area contributed by atoms with Crippen LogP contribution in [0.15, 0.2) is 48.7 Å². The van der Waals surface area contributed by atoms with E-state index in [4.69, 9.17) is 4.74 Å². The van der Waals surface area contributed by atoms with Crippen molar-refractivity contribution in [2.24, 2.45) is 0 Å². The molecule has 2 heterocycles. The van der Waals surface area contributed by atoms with Crippen LogP contribution in [0.3, 0.4) is 0 Å². The summed E-state index contributed by atoms with van der Waals surface area (Å²) in [5.41, 5.74) is 2.39. The van der Waals surface area contributed by atoms with Gasteiger partial charge in [-0.05, 0) is 38.1 Å². The normalized spacial score (nSPS) is 10.9. The number of aromatic nitrogens is 2. The second-order valence-corrected chi connectivity index (χ2v) is 6.50. The van der Waals surface area contributed by atoms with Crippen LogP contribution in [0.1, 0.15) is 24.3 Å². The summed E-state index contributed by atoms with van der Waals surface area (Å²) < 4.78 is 5.78. The van der Waals surface area contributed by atoms with E-state index in [1.165, 1.54) is 0 Å². The minimum Gasteiger partial charge on any atom is -0.474 e. The van der Waals surface area contributed by atoms with Gasteiger partial charge in [0.2, 0.25) is 5.88 Å². The largest absolute Gasteiger partial charge is 0.474 e. The molecule has 6 heteroatoms. The highest BCUT2D eigenvalue weighted by molar-refractivity contribution is 5.97. The zero-order chi connectivity index (χ0) is 18.5. The van der Waals surface area contributed by atoms with Crippen LogP contribution in [0.5, 0.6) is 5.88 Å². The summed E-state index contributed by atoms with van der Waals surface area (Å²) in [5.74, 6) is 0.485. The molecule has 0 saturated carbocycles. The highest BCUT2D eigenvalue weighted by Gasteiger charge is 2.15. The standard InChI is InChI=1S/C20H24N4O2/c1-14(2)22-17-9-6-10-21-19(17)26-12-11-24(3)20(25)18-13-15-7-4-5-8-16(15)23-18/h4-10,13-14,22-23H,11-12H2,1-3H3. The van der Waals surface area contributed by atoms with Crippen molar-refractivity contribution in [2.45, 2.75) is 19.9 Å². The fourth-order valence-corrected chi connectivity index (χ4v) is 2.70. The molecule has 0 fully saturated rings. The molecule has 1 aromatic carbocycles. The summed E-state index contributed by atoms with van der Waals surface area (Å²) in [7, 11) is 1.77. The van der Waals surface area contributed by atoms with Gasteiger partial charge in [0.15, 0.2) is 0 Å². The highest BCUT2D eigenvalue weighted by Crippen LogP contribution is 2.21. The molecule has 3 rings (SSSR count). The van der Waals surface area contributed by atoms with Gasteiger partial charge in [-0.15, -0.1) is 0 Å². The van der Waals surface area contributed by atoms with Crippen molar-refractivity contribution < 1.29 is 9.53 Å². The van der Waals surface area contributed by atoms with Crippen LogP contribution in [0.2, 0.25) is 0 Å². The first-order chi connectivity index (χ1) is 12.5. The van der Waals surface area contributed by atoms with E-state index >= 15 is 0 Å². The Kier molecular flexibility index (Phi) is 5.41. The SMILES string of the molecule is CC(C)Nc1cccnc1OCCN(C)C(=O)c1cc2ccccc2[nH]1. The monoisotopic (exact) mass is 352 g/mol. The molecule has 0 aliphatic heterocycles. The molecule has 0 radical (unpaired) electrons. The number of nitrogens with zero attached hydrogens (tertiary/aromatic N) is 2. The number of hydrogen-bond acceptors (Lipinski definition) is 4. The molecule has 0 saturated heterocycles. The number of aromatic amines is 1. The van der Waals surface area contributed by atoms with E-state index < -0.39 is 0 Å². The molecular weight excluding hydrogens is 328 g/mol. The lowest BCUT2D eigenvalue weighted by molar-refractivity contribution is 0.0768. The molecule has 0 bridgehead atoms. The average molecular weight is 352 g/mol. The number of nitrogens with one attached hydrogen (secondary N) is 2. The number of rotatable bonds is 7. The van der Waals surface area contributed by atoms with Crippen LogP contribution in [0.25, 0.3) is 10.9 Å². The maximum absolute atomic E-state index is 12.6. The number of para-hydroxylation sites is 1. The van der Waals surface area contributed by atoms with Crippen LogP contribution >= 0.6 is 0 Å². The lowest BCUT2D eigenvalue weighted by atomic mass is 10.2. The highest BCUT2D eigenvalue weighted by atomic mass is 16.5. The van der Waals surface area contributed by atoms with E-state index in [1.807, 2.05) is 42.5 Å². The van der Waals surface area contributed by atoms with Gasteiger partial charge in [0.25, 0.3) is 5.91 Å². The number of fused-ring (bicyclic) bond motifs is 1. The molecule has 6 nitrogen and oxygen atoms in total. The minimum atomic E-state index is -0.0636. The summed E-state index contributed by atoms with van der Waals surface area (Å²) in [6.07, 6.45) is 1.69. The van der Waals surface area contributed by atoms with Crippen molar-refractivity contribution in [3.63, 3.8) is 0 Å². The van der Waals surface area contributed by atoms with E-state index in [0.717, 1.165) is 16.6 Å². The fourth-order valence-electron chi connectivity index (χ4n) is 2.70. The summed E-state index contributed by atoms with van der Waals surface area (Å²) in [5, 5.41) is 4.33. The molecule has 0 aliphatic carbocycles. The van der Waals surface area contributed by atoms with Crippen molar-refractivity contribution in [3.05, 3.63) is 54.4 Å². The van der Waals surface area contributed by atoms with E-state index in [1.54, 1.807) is 18.1 Å². The molecule has 1 amide bonds. The summed E-state index contributed by atoms with van der Waals surface area (Å²) >= 11 is 0. The average Bonchev–Trinajstić information content (AvgIpc) is 3.06. The number of anilines is 1. The molecule has 2 N–H and O–H groups in total. The van der Waals surface area contributed by atoms with Gasteiger partial charge in [-0.25, -0.2) is 4.98 Å². The lowest BCUT2D eigenvalue weighted by Crippen LogP contribution is -2.31. The van der Waals surface area contributed by atoms with Gasteiger partial charge in [0, 0.05) is 30.2 Å². The molecule has 2 aromatic heterocycles. The third-order valence-electron chi connectivity index (χ3n) is 3.99. The first-order valence-electron chi connectivity index (χ1n) is 8.72. The van der Waals surface area contributed by atoms with Crippen molar-refractivity contribution in [3.8, 4) is 5.88 Å². The maximum atomic E-state index is 12.6. The van der Waals surface area contributed by atoms with Gasteiger partial charge < -0.3 is 19.9 Å². The van der Waals surface area contributed by atoms with Crippen molar-refractivity contribution in [1.29, 1.82) is 0 Å². The van der Waals surface area contributed by atoms with Crippen LogP contribution in [-0.2, 0) is 0 Å². The maximum Gasteiger partial charge on any atom is 0.270 e. The fraction of sp³-hybridized carbons (Fsp3) is 0.300. The number of amides is 1. The van der Waals surface area contributed by atoms with Gasteiger partial charge >= 0.3 is 0 Å². The van der Waals surface area contributed by atoms with E-state index in [0.29, 0.717) is 24.7 Å². The Labute approximate surface area is 153 Å². The Morgan fingerprint density at radius 1 is 1.27 bits per heavy atom. The Morgan fingerprint density at radius 2 is 2.08 bits per heavy atom. The molecular formula is C20H24N4O2. The topological polar surface area (TPSA) is 70.2 Å². The first-order valence-corrected chi connectivity index (χ1v) is 8.72. The van der Waals surface area contributed by atoms with E-state index in [2.05, 4.69) is 29.1 Å². The molecule has 3 aromatic rings. The quantitative estimate of drug-likeness (QED) is 0.682. The Morgan fingerprint density at radius 3 is 2.85 bits per heavy atom. The number of pyridine rings is 1. The lowest BCUT2D eigenvalue weighted by Gasteiger charge is -2.18.